The molecule has 2 N–H and O–H groups in total. The minimum Gasteiger partial charge on any atom is -0.494 e. The van der Waals surface area contributed by atoms with Gasteiger partial charge in [0, 0.05) is 37.3 Å². The van der Waals surface area contributed by atoms with Crippen molar-refractivity contribution in [1.82, 2.24) is 10.2 Å². The number of rotatable bonds is 6. The van der Waals surface area contributed by atoms with Gasteiger partial charge in [0.15, 0.2) is 0 Å². The van der Waals surface area contributed by atoms with Crippen LogP contribution in [0, 0.1) is 0 Å². The molecule has 0 unspecified atom stereocenters. The highest BCUT2D eigenvalue weighted by Gasteiger charge is 2.37. The van der Waals surface area contributed by atoms with Crippen LogP contribution in [-0.4, -0.2) is 67.0 Å². The van der Waals surface area contributed by atoms with Gasteiger partial charge in [-0.1, -0.05) is 0 Å². The van der Waals surface area contributed by atoms with E-state index >= 15 is 0 Å². The molecule has 132 valence electrons. The topological polar surface area (TPSA) is 71.0 Å². The highest BCUT2D eigenvalue weighted by molar-refractivity contribution is 5.94. The summed E-state index contributed by atoms with van der Waals surface area (Å²) in [5.41, 5.74) is 0.651. The summed E-state index contributed by atoms with van der Waals surface area (Å²) in [6, 6.07) is 7.75. The summed E-state index contributed by atoms with van der Waals surface area (Å²) in [4.78, 5) is 14.8. The summed E-state index contributed by atoms with van der Waals surface area (Å²) < 4.78 is 11.2. The molecule has 3 rings (SSSR count). The number of ether oxygens (including phenoxy) is 2. The van der Waals surface area contributed by atoms with Crippen LogP contribution >= 0.6 is 0 Å². The van der Waals surface area contributed by atoms with E-state index in [-0.39, 0.29) is 24.7 Å². The number of carbonyl (C=O) groups is 1. The molecule has 2 heterocycles. The lowest BCUT2D eigenvalue weighted by atomic mass is 10.1. The number of amides is 1. The third-order valence-corrected chi connectivity index (χ3v) is 4.70. The van der Waals surface area contributed by atoms with Crippen molar-refractivity contribution in [3.63, 3.8) is 0 Å². The van der Waals surface area contributed by atoms with Crippen molar-refractivity contribution >= 4 is 5.91 Å². The third kappa shape index (κ3) is 4.06. The Bertz CT molecular complexity index is 548. The van der Waals surface area contributed by atoms with Gasteiger partial charge in [0.25, 0.3) is 5.91 Å². The number of nitrogens with zero attached hydrogens (tertiary/aromatic N) is 1. The molecule has 6 heteroatoms. The zero-order valence-electron chi connectivity index (χ0n) is 14.1. The first-order chi connectivity index (χ1) is 11.7. The van der Waals surface area contributed by atoms with Gasteiger partial charge in [0.05, 0.1) is 19.3 Å². The molecule has 24 heavy (non-hydrogen) atoms. The number of carbonyl (C=O) groups excluding carboxylic acids is 1. The van der Waals surface area contributed by atoms with Gasteiger partial charge in [-0.3, -0.25) is 9.69 Å². The first kappa shape index (κ1) is 17.2. The van der Waals surface area contributed by atoms with Crippen molar-refractivity contribution in [2.45, 2.75) is 38.0 Å². The van der Waals surface area contributed by atoms with E-state index in [1.54, 1.807) is 12.1 Å². The fourth-order valence-electron chi connectivity index (χ4n) is 3.50. The summed E-state index contributed by atoms with van der Waals surface area (Å²) in [6.45, 7) is 5.06. The highest BCUT2D eigenvalue weighted by Crippen LogP contribution is 2.24. The minimum absolute atomic E-state index is 0.0456. The molecule has 2 aliphatic heterocycles. The Labute approximate surface area is 142 Å². The van der Waals surface area contributed by atoms with Gasteiger partial charge in [-0.05, 0) is 44.0 Å². The van der Waals surface area contributed by atoms with Crippen molar-refractivity contribution < 1.29 is 19.4 Å². The van der Waals surface area contributed by atoms with Gasteiger partial charge in [-0.2, -0.15) is 0 Å². The lowest BCUT2D eigenvalue weighted by Crippen LogP contribution is -2.46. The minimum atomic E-state index is -0.0456. The first-order valence-electron chi connectivity index (χ1n) is 8.69. The second-order valence-electron chi connectivity index (χ2n) is 6.44. The quantitative estimate of drug-likeness (QED) is 0.813. The van der Waals surface area contributed by atoms with E-state index in [0.717, 1.165) is 25.3 Å². The molecule has 0 aromatic heterocycles. The molecule has 6 nitrogen and oxygen atoms in total. The zero-order valence-corrected chi connectivity index (χ0v) is 14.1. The standard InChI is InChI=1S/C18H26N2O4/c1-2-23-16-5-3-13(4-6-16)18(22)19-14-9-15-12-24-17(7-8-21)11-20(15)10-14/h3-6,14-15,17,21H,2,7-12H2,1H3,(H,19,22)/t14-,15-,17-/m0/s1. The summed E-state index contributed by atoms with van der Waals surface area (Å²) in [7, 11) is 0. The number of fused-ring (bicyclic) bond motifs is 1. The second-order valence-corrected chi connectivity index (χ2v) is 6.44. The molecule has 2 fully saturated rings. The van der Waals surface area contributed by atoms with Crippen molar-refractivity contribution in [2.24, 2.45) is 0 Å². The summed E-state index contributed by atoms with van der Waals surface area (Å²) >= 11 is 0. The maximum Gasteiger partial charge on any atom is 0.251 e. The van der Waals surface area contributed by atoms with Gasteiger partial charge in [0.1, 0.15) is 5.75 Å². The van der Waals surface area contributed by atoms with E-state index in [1.165, 1.54) is 0 Å². The van der Waals surface area contributed by atoms with Gasteiger partial charge >= 0.3 is 0 Å². The number of aliphatic hydroxyl groups is 1. The maximum absolute atomic E-state index is 12.4. The average Bonchev–Trinajstić information content (AvgIpc) is 2.97. The number of aliphatic hydroxyl groups excluding tert-OH is 1. The number of morpholine rings is 1. The number of nitrogens with one attached hydrogen (secondary N) is 1. The smallest absolute Gasteiger partial charge is 0.251 e. The Balaban J connectivity index is 1.52. The van der Waals surface area contributed by atoms with Gasteiger partial charge in [-0.25, -0.2) is 0 Å². The van der Waals surface area contributed by atoms with Crippen LogP contribution in [0.4, 0.5) is 0 Å². The van der Waals surface area contributed by atoms with Crippen molar-refractivity contribution in [2.75, 3.05) is 32.9 Å². The molecule has 1 amide bonds. The predicted octanol–water partition coefficient (Wildman–Crippen LogP) is 1.04. The maximum atomic E-state index is 12.4. The van der Waals surface area contributed by atoms with Crippen LogP contribution in [0.2, 0.25) is 0 Å². The summed E-state index contributed by atoms with van der Waals surface area (Å²) in [5, 5.41) is 12.2. The van der Waals surface area contributed by atoms with Crippen LogP contribution < -0.4 is 10.1 Å². The van der Waals surface area contributed by atoms with Crippen LogP contribution in [0.5, 0.6) is 5.75 Å². The van der Waals surface area contributed by atoms with Crippen LogP contribution in [0.3, 0.4) is 0 Å². The van der Waals surface area contributed by atoms with Gasteiger partial charge in [0.2, 0.25) is 0 Å². The Hall–Kier alpha value is -1.63. The molecule has 0 saturated carbocycles. The SMILES string of the molecule is CCOc1ccc(C(=O)N[C@H]2C[C@H]3CO[C@@H](CCO)CN3C2)cc1. The fraction of sp³-hybridized carbons (Fsp3) is 0.611. The van der Waals surface area contributed by atoms with Crippen LogP contribution in [-0.2, 0) is 4.74 Å². The van der Waals surface area contributed by atoms with Gasteiger partial charge in [-0.15, -0.1) is 0 Å². The van der Waals surface area contributed by atoms with Crippen molar-refractivity contribution in [1.29, 1.82) is 0 Å². The lowest BCUT2D eigenvalue weighted by Gasteiger charge is -2.34. The van der Waals surface area contributed by atoms with Crippen molar-refractivity contribution in [3.8, 4) is 5.75 Å². The largest absolute Gasteiger partial charge is 0.494 e. The molecule has 0 spiro atoms. The highest BCUT2D eigenvalue weighted by atomic mass is 16.5. The summed E-state index contributed by atoms with van der Waals surface area (Å²) in [5.74, 6) is 0.731. The summed E-state index contributed by atoms with van der Waals surface area (Å²) in [6.07, 6.45) is 1.69. The molecular formula is C18H26N2O4. The second kappa shape index (κ2) is 7.96. The first-order valence-corrected chi connectivity index (χ1v) is 8.69. The van der Waals surface area contributed by atoms with E-state index in [2.05, 4.69) is 10.2 Å². The number of benzene rings is 1. The molecule has 3 atom stereocenters. The molecule has 1 aromatic rings. The Morgan fingerprint density at radius 2 is 2.17 bits per heavy atom. The average molecular weight is 334 g/mol. The van der Waals surface area contributed by atoms with Crippen LogP contribution in [0.15, 0.2) is 24.3 Å². The van der Waals surface area contributed by atoms with E-state index in [1.807, 2.05) is 19.1 Å². The van der Waals surface area contributed by atoms with E-state index in [0.29, 0.717) is 31.2 Å². The third-order valence-electron chi connectivity index (χ3n) is 4.70. The number of hydrogen-bond donors (Lipinski definition) is 2. The Morgan fingerprint density at radius 3 is 2.88 bits per heavy atom. The molecular weight excluding hydrogens is 308 g/mol. The van der Waals surface area contributed by atoms with E-state index < -0.39 is 0 Å². The monoisotopic (exact) mass is 334 g/mol. The van der Waals surface area contributed by atoms with Crippen LogP contribution in [0.1, 0.15) is 30.1 Å². The van der Waals surface area contributed by atoms with Gasteiger partial charge < -0.3 is 19.9 Å². The predicted molar refractivity (Wildman–Crippen MR) is 90.3 cm³/mol. The van der Waals surface area contributed by atoms with Crippen molar-refractivity contribution in [3.05, 3.63) is 29.8 Å². The van der Waals surface area contributed by atoms with E-state index in [4.69, 9.17) is 14.6 Å². The normalized spacial score (nSPS) is 26.8. The number of hydrogen-bond acceptors (Lipinski definition) is 5. The molecule has 1 aromatic carbocycles. The van der Waals surface area contributed by atoms with Crippen LogP contribution in [0.25, 0.3) is 0 Å². The molecule has 2 aliphatic rings. The Morgan fingerprint density at radius 1 is 1.38 bits per heavy atom. The Kier molecular flexibility index (Phi) is 5.71. The molecule has 0 radical (unpaired) electrons. The zero-order chi connectivity index (χ0) is 16.9. The lowest BCUT2D eigenvalue weighted by molar-refractivity contribution is -0.0566. The van der Waals surface area contributed by atoms with E-state index in [9.17, 15) is 4.79 Å². The fourth-order valence-corrected chi connectivity index (χ4v) is 3.50. The molecule has 0 aliphatic carbocycles. The molecule has 0 bridgehead atoms. The molecule has 2 saturated heterocycles.